The molecule has 2 aromatic carbocycles. The zero-order valence-corrected chi connectivity index (χ0v) is 20.6. The number of nitrogens with one attached hydrogen (secondary N) is 1. The molecular weight excluding hydrogens is 467 g/mol. The van der Waals surface area contributed by atoms with Crippen molar-refractivity contribution in [2.24, 2.45) is 11.0 Å². The molecule has 4 atom stereocenters. The maximum atomic E-state index is 13.4. The average molecular weight is 494 g/mol. The summed E-state index contributed by atoms with van der Waals surface area (Å²) in [4.78, 5) is 13.4. The van der Waals surface area contributed by atoms with Crippen molar-refractivity contribution in [3.05, 3.63) is 63.1 Å². The number of piperidine rings is 1. The summed E-state index contributed by atoms with van der Waals surface area (Å²) in [6.07, 6.45) is 3.30. The largest absolute Gasteiger partial charge is 0.283 e. The van der Waals surface area contributed by atoms with Crippen molar-refractivity contribution in [2.45, 2.75) is 58.2 Å². The number of benzene rings is 2. The monoisotopic (exact) mass is 492 g/mol. The fourth-order valence-electron chi connectivity index (χ4n) is 4.66. The minimum atomic E-state index is -0.206. The van der Waals surface area contributed by atoms with Gasteiger partial charge in [-0.2, -0.15) is 5.10 Å². The standard InChI is InChI=1S/C24H27Cl3N4O/c1-14-5-4-6-15(2)30(14)29-24(32)22-16(3)23(17-7-9-18(25)10-8-17)31(28-22)21-12-11-19(26)13-20(21)27/h7-16,23H,4-6H2,1-3H3,(H,29,32)/t14-,15-,16+,23-/m0/s1. The number of amides is 1. The number of carbonyl (C=O) groups excluding carboxylic acids is 1. The number of hydrogen-bond donors (Lipinski definition) is 1. The van der Waals surface area contributed by atoms with Crippen LogP contribution in [0.4, 0.5) is 5.69 Å². The van der Waals surface area contributed by atoms with Gasteiger partial charge >= 0.3 is 0 Å². The SMILES string of the molecule is C[C@@H]1C(C(=O)NN2[C@@H](C)CCC[C@@H]2C)=NN(c2ccc(Cl)cc2Cl)[C@@H]1c1ccc(Cl)cc1. The van der Waals surface area contributed by atoms with Crippen LogP contribution >= 0.6 is 34.8 Å². The lowest BCUT2D eigenvalue weighted by Gasteiger charge is -2.38. The first-order valence-corrected chi connectivity index (χ1v) is 12.1. The van der Waals surface area contributed by atoms with E-state index in [1.165, 1.54) is 6.42 Å². The van der Waals surface area contributed by atoms with Crippen molar-refractivity contribution in [1.29, 1.82) is 0 Å². The predicted octanol–water partition coefficient (Wildman–Crippen LogP) is 6.49. The Morgan fingerprint density at radius 1 is 0.969 bits per heavy atom. The third kappa shape index (κ3) is 4.62. The molecule has 0 unspecified atom stereocenters. The van der Waals surface area contributed by atoms with Crippen LogP contribution in [-0.2, 0) is 4.79 Å². The highest BCUT2D eigenvalue weighted by atomic mass is 35.5. The number of halogens is 3. The number of hydrazone groups is 1. The van der Waals surface area contributed by atoms with E-state index in [4.69, 9.17) is 39.9 Å². The number of anilines is 1. The Bertz CT molecular complexity index is 1020. The molecule has 32 heavy (non-hydrogen) atoms. The van der Waals surface area contributed by atoms with Gasteiger partial charge in [0.2, 0.25) is 0 Å². The molecule has 1 amide bonds. The van der Waals surface area contributed by atoms with E-state index in [1.54, 1.807) is 12.1 Å². The molecule has 1 N–H and O–H groups in total. The highest BCUT2D eigenvalue weighted by molar-refractivity contribution is 6.41. The lowest BCUT2D eigenvalue weighted by molar-refractivity contribution is -0.122. The highest BCUT2D eigenvalue weighted by Gasteiger charge is 2.41. The molecular formula is C24H27Cl3N4O. The van der Waals surface area contributed by atoms with Crippen molar-refractivity contribution in [3.63, 3.8) is 0 Å². The second-order valence-electron chi connectivity index (χ2n) is 8.69. The van der Waals surface area contributed by atoms with Crippen molar-refractivity contribution in [2.75, 3.05) is 5.01 Å². The topological polar surface area (TPSA) is 47.9 Å². The van der Waals surface area contributed by atoms with Gasteiger partial charge in [-0.05, 0) is 62.6 Å². The first-order valence-electron chi connectivity index (χ1n) is 10.9. The van der Waals surface area contributed by atoms with E-state index in [0.29, 0.717) is 26.5 Å². The van der Waals surface area contributed by atoms with Gasteiger partial charge in [0, 0.05) is 28.0 Å². The third-order valence-electron chi connectivity index (χ3n) is 6.41. The Labute approximate surface area is 204 Å². The Hall–Kier alpha value is -1.79. The number of nitrogens with zero attached hydrogens (tertiary/aromatic N) is 3. The molecule has 1 fully saturated rings. The molecule has 2 aromatic rings. The molecule has 5 nitrogen and oxygen atoms in total. The molecule has 170 valence electrons. The van der Waals surface area contributed by atoms with Gasteiger partial charge in [-0.25, -0.2) is 5.01 Å². The van der Waals surface area contributed by atoms with Crippen LogP contribution in [0.15, 0.2) is 47.6 Å². The third-order valence-corrected chi connectivity index (χ3v) is 7.20. The van der Waals surface area contributed by atoms with Gasteiger partial charge in [0.05, 0.1) is 16.8 Å². The van der Waals surface area contributed by atoms with E-state index in [0.717, 1.165) is 18.4 Å². The first kappa shape index (κ1) is 23.4. The summed E-state index contributed by atoms with van der Waals surface area (Å²) in [5, 5.41) is 10.3. The second kappa shape index (κ2) is 9.60. The highest BCUT2D eigenvalue weighted by Crippen LogP contribution is 2.42. The van der Waals surface area contributed by atoms with E-state index in [-0.39, 0.29) is 30.0 Å². The molecule has 0 saturated carbocycles. The molecule has 0 radical (unpaired) electrons. The number of hydrogen-bond acceptors (Lipinski definition) is 4. The van der Waals surface area contributed by atoms with E-state index in [9.17, 15) is 4.79 Å². The van der Waals surface area contributed by atoms with Gasteiger partial charge in [-0.3, -0.25) is 15.2 Å². The summed E-state index contributed by atoms with van der Waals surface area (Å²) in [6, 6.07) is 13.3. The molecule has 8 heteroatoms. The van der Waals surface area contributed by atoms with E-state index in [2.05, 4.69) is 24.3 Å². The minimum absolute atomic E-state index is 0.168. The van der Waals surface area contributed by atoms with E-state index < -0.39 is 0 Å². The lowest BCUT2D eigenvalue weighted by atomic mass is 9.91. The summed E-state index contributed by atoms with van der Waals surface area (Å²) in [6.45, 7) is 6.31. The van der Waals surface area contributed by atoms with Gasteiger partial charge in [-0.1, -0.05) is 60.3 Å². The van der Waals surface area contributed by atoms with E-state index >= 15 is 0 Å². The van der Waals surface area contributed by atoms with Crippen LogP contribution in [0.3, 0.4) is 0 Å². The van der Waals surface area contributed by atoms with Gasteiger partial charge in [0.1, 0.15) is 5.71 Å². The number of carbonyl (C=O) groups is 1. The fourth-order valence-corrected chi connectivity index (χ4v) is 5.28. The van der Waals surface area contributed by atoms with Gasteiger partial charge in [0.15, 0.2) is 0 Å². The lowest BCUT2D eigenvalue weighted by Crippen LogP contribution is -2.56. The van der Waals surface area contributed by atoms with Crippen LogP contribution in [0.2, 0.25) is 15.1 Å². The molecule has 0 bridgehead atoms. The normalized spacial score (nSPS) is 26.2. The van der Waals surface area contributed by atoms with Gasteiger partial charge in [0.25, 0.3) is 5.91 Å². The Kier molecular flexibility index (Phi) is 7.01. The van der Waals surface area contributed by atoms with Gasteiger partial charge in [-0.15, -0.1) is 0 Å². The quantitative estimate of drug-likeness (QED) is 0.529. The number of hydrazine groups is 1. The maximum Gasteiger partial charge on any atom is 0.282 e. The second-order valence-corrected chi connectivity index (χ2v) is 9.97. The smallest absolute Gasteiger partial charge is 0.282 e. The van der Waals surface area contributed by atoms with Crippen molar-refractivity contribution in [3.8, 4) is 0 Å². The summed E-state index contributed by atoms with van der Waals surface area (Å²) < 4.78 is 0. The van der Waals surface area contributed by atoms with Crippen LogP contribution in [-0.4, -0.2) is 28.7 Å². The molecule has 0 aromatic heterocycles. The summed E-state index contributed by atoms with van der Waals surface area (Å²) >= 11 is 18.8. The molecule has 0 spiro atoms. The summed E-state index contributed by atoms with van der Waals surface area (Å²) in [7, 11) is 0. The van der Waals surface area contributed by atoms with Crippen LogP contribution < -0.4 is 10.4 Å². The minimum Gasteiger partial charge on any atom is -0.283 e. The predicted molar refractivity (Wildman–Crippen MR) is 132 cm³/mol. The van der Waals surface area contributed by atoms with Crippen molar-refractivity contribution >= 4 is 52.1 Å². The van der Waals surface area contributed by atoms with Crippen molar-refractivity contribution < 1.29 is 4.79 Å². The molecule has 2 aliphatic heterocycles. The molecule has 1 saturated heterocycles. The first-order chi connectivity index (χ1) is 15.3. The molecule has 2 heterocycles. The Balaban J connectivity index is 1.69. The Morgan fingerprint density at radius 2 is 1.59 bits per heavy atom. The zero-order chi connectivity index (χ0) is 23.0. The average Bonchev–Trinajstić information content (AvgIpc) is 3.08. The van der Waals surface area contributed by atoms with Crippen LogP contribution in [0.5, 0.6) is 0 Å². The summed E-state index contributed by atoms with van der Waals surface area (Å²) in [5.41, 5.74) is 5.30. The van der Waals surface area contributed by atoms with Crippen LogP contribution in [0, 0.1) is 5.92 Å². The number of rotatable bonds is 4. The van der Waals surface area contributed by atoms with E-state index in [1.807, 2.05) is 42.3 Å². The summed E-state index contributed by atoms with van der Waals surface area (Å²) in [5.74, 6) is -0.344. The molecule has 4 rings (SSSR count). The Morgan fingerprint density at radius 3 is 2.22 bits per heavy atom. The molecule has 0 aliphatic carbocycles. The van der Waals surface area contributed by atoms with Gasteiger partial charge < -0.3 is 0 Å². The zero-order valence-electron chi connectivity index (χ0n) is 18.4. The molecule has 2 aliphatic rings. The maximum absolute atomic E-state index is 13.4. The van der Waals surface area contributed by atoms with Crippen LogP contribution in [0.1, 0.15) is 51.6 Å². The van der Waals surface area contributed by atoms with Crippen molar-refractivity contribution in [1.82, 2.24) is 10.4 Å². The fraction of sp³-hybridized carbons (Fsp3) is 0.417. The van der Waals surface area contributed by atoms with Crippen LogP contribution in [0.25, 0.3) is 0 Å².